The Kier molecular flexibility index (Phi) is 10.2. The summed E-state index contributed by atoms with van der Waals surface area (Å²) in [7, 11) is 2.09. The highest BCUT2D eigenvalue weighted by molar-refractivity contribution is 14.0. The molecule has 110 valence electrons. The fraction of sp³-hybridized carbons (Fsp3) is 0.692. The predicted octanol–water partition coefficient (Wildman–Crippen LogP) is 3.27. The Balaban J connectivity index is 0.00000324. The van der Waals surface area contributed by atoms with E-state index in [1.807, 2.05) is 12.4 Å². The number of hydrogen-bond donors (Lipinski definition) is 1. The van der Waals surface area contributed by atoms with Gasteiger partial charge in [0.1, 0.15) is 0 Å². The van der Waals surface area contributed by atoms with Gasteiger partial charge in [0.2, 0.25) is 0 Å². The molecule has 0 aliphatic rings. The number of guanidine groups is 1. The van der Waals surface area contributed by atoms with E-state index in [1.54, 1.807) is 11.3 Å². The van der Waals surface area contributed by atoms with E-state index in [2.05, 4.69) is 41.1 Å². The van der Waals surface area contributed by atoms with E-state index < -0.39 is 0 Å². The fourth-order valence-corrected chi connectivity index (χ4v) is 2.30. The summed E-state index contributed by atoms with van der Waals surface area (Å²) in [6.07, 6.45) is 2.40. The number of unbranched alkanes of at least 4 members (excludes halogenated alkanes) is 1. The standard InChI is InChI=1S/C13H24N4S.HI/c1-5-7-8-17(4)13(14-6-2)15-9-12-11(3)16-10-18-12;/h10H,5-9H2,1-4H3,(H,14,15);1H. The summed E-state index contributed by atoms with van der Waals surface area (Å²) in [6, 6.07) is 0. The van der Waals surface area contributed by atoms with Crippen LogP contribution in [0.5, 0.6) is 0 Å². The predicted molar refractivity (Wildman–Crippen MR) is 94.6 cm³/mol. The first-order valence-corrected chi connectivity index (χ1v) is 7.45. The SMILES string of the molecule is CCCCN(C)C(=NCc1scnc1C)NCC.I. The van der Waals surface area contributed by atoms with Gasteiger partial charge in [0.15, 0.2) is 5.96 Å². The van der Waals surface area contributed by atoms with Gasteiger partial charge in [-0.05, 0) is 20.3 Å². The normalized spacial score (nSPS) is 11.1. The van der Waals surface area contributed by atoms with Crippen LogP contribution in [0.25, 0.3) is 0 Å². The molecule has 1 aromatic rings. The number of halogens is 1. The summed E-state index contributed by atoms with van der Waals surface area (Å²) in [5.41, 5.74) is 2.98. The Morgan fingerprint density at radius 2 is 2.21 bits per heavy atom. The lowest BCUT2D eigenvalue weighted by Crippen LogP contribution is -2.39. The average molecular weight is 396 g/mol. The van der Waals surface area contributed by atoms with Crippen molar-refractivity contribution in [2.45, 2.75) is 40.2 Å². The second-order valence-corrected chi connectivity index (χ2v) is 5.25. The molecule has 19 heavy (non-hydrogen) atoms. The largest absolute Gasteiger partial charge is 0.357 e. The summed E-state index contributed by atoms with van der Waals surface area (Å²) in [6.45, 7) is 9.01. The molecule has 0 atom stereocenters. The number of thiazole rings is 1. The average Bonchev–Trinajstić information content (AvgIpc) is 2.77. The molecule has 1 heterocycles. The van der Waals surface area contributed by atoms with Crippen molar-refractivity contribution in [1.29, 1.82) is 0 Å². The lowest BCUT2D eigenvalue weighted by Gasteiger charge is -2.21. The van der Waals surface area contributed by atoms with Gasteiger partial charge in [-0.15, -0.1) is 35.3 Å². The lowest BCUT2D eigenvalue weighted by atomic mass is 10.3. The molecule has 1 aromatic heterocycles. The number of nitrogens with one attached hydrogen (secondary N) is 1. The van der Waals surface area contributed by atoms with Crippen molar-refractivity contribution in [1.82, 2.24) is 15.2 Å². The highest BCUT2D eigenvalue weighted by Crippen LogP contribution is 2.13. The molecule has 0 radical (unpaired) electrons. The number of aromatic nitrogens is 1. The van der Waals surface area contributed by atoms with Gasteiger partial charge in [0.05, 0.1) is 17.7 Å². The van der Waals surface area contributed by atoms with Gasteiger partial charge in [-0.1, -0.05) is 13.3 Å². The smallest absolute Gasteiger partial charge is 0.194 e. The van der Waals surface area contributed by atoms with Crippen LogP contribution < -0.4 is 5.32 Å². The first kappa shape index (κ1) is 18.6. The molecule has 0 aromatic carbocycles. The monoisotopic (exact) mass is 396 g/mol. The topological polar surface area (TPSA) is 40.5 Å². The number of aryl methyl sites for hydroxylation is 1. The van der Waals surface area contributed by atoms with Crippen LogP contribution >= 0.6 is 35.3 Å². The molecular formula is C13H25IN4S. The second-order valence-electron chi connectivity index (χ2n) is 4.31. The van der Waals surface area contributed by atoms with E-state index in [-0.39, 0.29) is 24.0 Å². The lowest BCUT2D eigenvalue weighted by molar-refractivity contribution is 0.465. The fourth-order valence-electron chi connectivity index (χ4n) is 1.60. The van der Waals surface area contributed by atoms with Crippen LogP contribution in [-0.2, 0) is 6.54 Å². The number of hydrogen-bond acceptors (Lipinski definition) is 3. The van der Waals surface area contributed by atoms with Crippen molar-refractivity contribution in [3.8, 4) is 0 Å². The highest BCUT2D eigenvalue weighted by Gasteiger charge is 2.06. The van der Waals surface area contributed by atoms with E-state index >= 15 is 0 Å². The van der Waals surface area contributed by atoms with Crippen LogP contribution in [0, 0.1) is 6.92 Å². The number of aliphatic imine (C=N–C) groups is 1. The van der Waals surface area contributed by atoms with E-state index in [0.29, 0.717) is 0 Å². The van der Waals surface area contributed by atoms with E-state index in [4.69, 9.17) is 0 Å². The molecule has 0 bridgehead atoms. The van der Waals surface area contributed by atoms with Gasteiger partial charge in [-0.25, -0.2) is 9.98 Å². The van der Waals surface area contributed by atoms with E-state index in [1.165, 1.54) is 17.7 Å². The maximum absolute atomic E-state index is 4.67. The zero-order valence-corrected chi connectivity index (χ0v) is 15.4. The first-order valence-electron chi connectivity index (χ1n) is 6.57. The maximum Gasteiger partial charge on any atom is 0.194 e. The van der Waals surface area contributed by atoms with E-state index in [0.717, 1.165) is 31.3 Å². The zero-order chi connectivity index (χ0) is 13.4. The summed E-state index contributed by atoms with van der Waals surface area (Å²) >= 11 is 1.67. The Labute approximate surface area is 137 Å². The third kappa shape index (κ3) is 6.56. The zero-order valence-electron chi connectivity index (χ0n) is 12.3. The van der Waals surface area contributed by atoms with Crippen molar-refractivity contribution >= 4 is 41.3 Å². The molecule has 0 fully saturated rings. The molecule has 0 saturated heterocycles. The molecule has 0 spiro atoms. The minimum Gasteiger partial charge on any atom is -0.357 e. The van der Waals surface area contributed by atoms with Crippen molar-refractivity contribution < 1.29 is 0 Å². The van der Waals surface area contributed by atoms with Gasteiger partial charge in [-0.2, -0.15) is 0 Å². The Morgan fingerprint density at radius 3 is 2.74 bits per heavy atom. The minimum absolute atomic E-state index is 0. The molecule has 0 saturated carbocycles. The van der Waals surface area contributed by atoms with Crippen LogP contribution in [0.3, 0.4) is 0 Å². The van der Waals surface area contributed by atoms with Crippen LogP contribution in [0.4, 0.5) is 0 Å². The van der Waals surface area contributed by atoms with Gasteiger partial charge in [0, 0.05) is 25.0 Å². The van der Waals surface area contributed by atoms with Crippen molar-refractivity contribution in [3.05, 3.63) is 16.1 Å². The molecule has 1 N–H and O–H groups in total. The maximum atomic E-state index is 4.67. The van der Waals surface area contributed by atoms with Gasteiger partial charge < -0.3 is 10.2 Å². The van der Waals surface area contributed by atoms with Crippen LogP contribution in [0.2, 0.25) is 0 Å². The van der Waals surface area contributed by atoms with Gasteiger partial charge in [-0.3, -0.25) is 0 Å². The summed E-state index contributed by atoms with van der Waals surface area (Å²) in [5, 5.41) is 3.33. The van der Waals surface area contributed by atoms with Crippen LogP contribution in [0.1, 0.15) is 37.3 Å². The van der Waals surface area contributed by atoms with Gasteiger partial charge in [0.25, 0.3) is 0 Å². The molecule has 0 amide bonds. The van der Waals surface area contributed by atoms with Crippen molar-refractivity contribution in [2.75, 3.05) is 20.1 Å². The minimum atomic E-state index is 0. The van der Waals surface area contributed by atoms with Crippen molar-refractivity contribution in [3.63, 3.8) is 0 Å². The van der Waals surface area contributed by atoms with Crippen LogP contribution in [0.15, 0.2) is 10.5 Å². The van der Waals surface area contributed by atoms with E-state index in [9.17, 15) is 0 Å². The highest BCUT2D eigenvalue weighted by atomic mass is 127. The third-order valence-corrected chi connectivity index (χ3v) is 3.68. The molecule has 6 heteroatoms. The Morgan fingerprint density at radius 1 is 1.47 bits per heavy atom. The van der Waals surface area contributed by atoms with Crippen molar-refractivity contribution in [2.24, 2.45) is 4.99 Å². The number of rotatable bonds is 6. The Hall–Kier alpha value is -0.370. The molecule has 4 nitrogen and oxygen atoms in total. The van der Waals surface area contributed by atoms with Gasteiger partial charge >= 0.3 is 0 Å². The Bertz CT molecular complexity index is 378. The first-order chi connectivity index (χ1) is 8.69. The summed E-state index contributed by atoms with van der Waals surface area (Å²) in [5.74, 6) is 0.985. The molecule has 0 aliphatic carbocycles. The molecule has 0 unspecified atom stereocenters. The number of nitrogens with zero attached hydrogens (tertiary/aromatic N) is 3. The summed E-state index contributed by atoms with van der Waals surface area (Å²) in [4.78, 5) is 12.4. The summed E-state index contributed by atoms with van der Waals surface area (Å²) < 4.78 is 0. The molecule has 1 rings (SSSR count). The van der Waals surface area contributed by atoms with Crippen LogP contribution in [-0.4, -0.2) is 36.0 Å². The third-order valence-electron chi connectivity index (χ3n) is 2.76. The second kappa shape index (κ2) is 10.4. The molecule has 0 aliphatic heterocycles. The quantitative estimate of drug-likeness (QED) is 0.456. The molecular weight excluding hydrogens is 371 g/mol.